The number of hydrogen-bond acceptors (Lipinski definition) is 6. The molecule has 1 aliphatic rings. The van der Waals surface area contributed by atoms with Crippen molar-refractivity contribution in [2.24, 2.45) is 0 Å². The fourth-order valence-electron chi connectivity index (χ4n) is 3.23. The molecule has 166 valence electrons. The zero-order valence-corrected chi connectivity index (χ0v) is 16.6. The standard InChI is InChI=1S/C21H21F3N2O5/c1-13-5-6-16(19(29)18(13)28)20(30)31-12-17(27)26-9-7-25(8-10-26)15-4-2-3-14(11-15)21(22,23)24/h2-6,11,28-29H,7-10,12H2,1H3. The van der Waals surface area contributed by atoms with Gasteiger partial charge in [0.05, 0.1) is 5.56 Å². The van der Waals surface area contributed by atoms with E-state index in [1.54, 1.807) is 17.9 Å². The van der Waals surface area contributed by atoms with E-state index < -0.39 is 41.7 Å². The Bertz CT molecular complexity index is 985. The number of nitrogens with zero attached hydrogens (tertiary/aromatic N) is 2. The number of aryl methyl sites for hydroxylation is 1. The third kappa shape index (κ3) is 5.01. The Morgan fingerprint density at radius 1 is 1.03 bits per heavy atom. The number of carbonyl (C=O) groups excluding carboxylic acids is 2. The molecule has 0 aromatic heterocycles. The van der Waals surface area contributed by atoms with E-state index in [0.717, 1.165) is 12.1 Å². The Morgan fingerprint density at radius 3 is 2.35 bits per heavy atom. The Kier molecular flexibility index (Phi) is 6.28. The van der Waals surface area contributed by atoms with Gasteiger partial charge in [-0.15, -0.1) is 0 Å². The molecule has 0 unspecified atom stereocenters. The number of rotatable bonds is 4. The number of halogens is 3. The van der Waals surface area contributed by atoms with Crippen LogP contribution in [0.15, 0.2) is 36.4 Å². The first-order valence-corrected chi connectivity index (χ1v) is 9.46. The first-order valence-electron chi connectivity index (χ1n) is 9.46. The van der Waals surface area contributed by atoms with E-state index in [2.05, 4.69) is 0 Å². The summed E-state index contributed by atoms with van der Waals surface area (Å²) in [6.45, 7) is 2.15. The zero-order chi connectivity index (χ0) is 22.8. The molecule has 0 spiro atoms. The summed E-state index contributed by atoms with van der Waals surface area (Å²) in [4.78, 5) is 27.6. The highest BCUT2D eigenvalue weighted by molar-refractivity contribution is 5.95. The number of aromatic hydroxyl groups is 2. The summed E-state index contributed by atoms with van der Waals surface area (Å²) in [6.07, 6.45) is -4.43. The fraction of sp³-hybridized carbons (Fsp3) is 0.333. The Hall–Kier alpha value is -3.43. The van der Waals surface area contributed by atoms with Crippen LogP contribution in [0.25, 0.3) is 0 Å². The van der Waals surface area contributed by atoms with E-state index in [9.17, 15) is 33.0 Å². The number of hydrogen-bond donors (Lipinski definition) is 2. The van der Waals surface area contributed by atoms with Crippen LogP contribution in [0, 0.1) is 6.92 Å². The molecule has 0 aliphatic carbocycles. The van der Waals surface area contributed by atoms with Crippen molar-refractivity contribution < 1.29 is 37.7 Å². The van der Waals surface area contributed by atoms with Crippen molar-refractivity contribution in [1.82, 2.24) is 4.90 Å². The molecule has 1 saturated heterocycles. The van der Waals surface area contributed by atoms with Gasteiger partial charge in [-0.2, -0.15) is 13.2 Å². The highest BCUT2D eigenvalue weighted by Gasteiger charge is 2.31. The summed E-state index contributed by atoms with van der Waals surface area (Å²) in [5.41, 5.74) is -0.196. The zero-order valence-electron chi connectivity index (χ0n) is 16.6. The second kappa shape index (κ2) is 8.75. The second-order valence-corrected chi connectivity index (χ2v) is 7.12. The molecule has 31 heavy (non-hydrogen) atoms. The number of benzene rings is 2. The Labute approximate surface area is 176 Å². The fourth-order valence-corrected chi connectivity index (χ4v) is 3.23. The minimum Gasteiger partial charge on any atom is -0.504 e. The summed E-state index contributed by atoms with van der Waals surface area (Å²) < 4.78 is 43.6. The molecular weight excluding hydrogens is 417 g/mol. The lowest BCUT2D eigenvalue weighted by molar-refractivity contribution is -0.137. The maximum absolute atomic E-state index is 12.9. The number of esters is 1. The van der Waals surface area contributed by atoms with Crippen molar-refractivity contribution in [3.63, 3.8) is 0 Å². The van der Waals surface area contributed by atoms with Gasteiger partial charge in [-0.25, -0.2) is 4.79 Å². The number of anilines is 1. The van der Waals surface area contributed by atoms with Crippen LogP contribution in [0.1, 0.15) is 21.5 Å². The average Bonchev–Trinajstić information content (AvgIpc) is 2.75. The van der Waals surface area contributed by atoms with Crippen LogP contribution >= 0.6 is 0 Å². The second-order valence-electron chi connectivity index (χ2n) is 7.12. The maximum Gasteiger partial charge on any atom is 0.416 e. The molecule has 1 aliphatic heterocycles. The average molecular weight is 438 g/mol. The first-order chi connectivity index (χ1) is 14.6. The predicted octanol–water partition coefficient (Wildman–Crippen LogP) is 2.93. The monoisotopic (exact) mass is 438 g/mol. The number of piperazine rings is 1. The molecule has 2 aromatic rings. The van der Waals surface area contributed by atoms with Crippen molar-refractivity contribution in [2.75, 3.05) is 37.7 Å². The topological polar surface area (TPSA) is 90.3 Å². The summed E-state index contributed by atoms with van der Waals surface area (Å²) in [5, 5.41) is 19.5. The van der Waals surface area contributed by atoms with Crippen LogP contribution in [0.4, 0.5) is 18.9 Å². The summed E-state index contributed by atoms with van der Waals surface area (Å²) in [5.74, 6) is -2.48. The quantitative estimate of drug-likeness (QED) is 0.564. The van der Waals surface area contributed by atoms with Gasteiger partial charge in [-0.1, -0.05) is 12.1 Å². The third-order valence-corrected chi connectivity index (χ3v) is 5.07. The number of alkyl halides is 3. The molecule has 1 heterocycles. The molecule has 0 radical (unpaired) electrons. The van der Waals surface area contributed by atoms with Crippen LogP contribution in [-0.2, 0) is 15.7 Å². The number of carbonyl (C=O) groups is 2. The summed E-state index contributed by atoms with van der Waals surface area (Å²) in [6, 6.07) is 7.71. The Balaban J connectivity index is 1.54. The molecule has 3 rings (SSSR count). The Morgan fingerprint density at radius 2 is 1.71 bits per heavy atom. The van der Waals surface area contributed by atoms with Crippen molar-refractivity contribution in [3.05, 3.63) is 53.1 Å². The van der Waals surface area contributed by atoms with Gasteiger partial charge in [0.25, 0.3) is 5.91 Å². The highest BCUT2D eigenvalue weighted by Crippen LogP contribution is 2.33. The van der Waals surface area contributed by atoms with E-state index in [1.807, 2.05) is 0 Å². The van der Waals surface area contributed by atoms with Crippen LogP contribution in [0.2, 0.25) is 0 Å². The molecule has 2 N–H and O–H groups in total. The van der Waals surface area contributed by atoms with Gasteiger partial charge in [0.1, 0.15) is 5.56 Å². The largest absolute Gasteiger partial charge is 0.504 e. The normalized spacial score (nSPS) is 14.5. The molecule has 1 fully saturated rings. The van der Waals surface area contributed by atoms with Crippen molar-refractivity contribution in [2.45, 2.75) is 13.1 Å². The summed E-state index contributed by atoms with van der Waals surface area (Å²) >= 11 is 0. The van der Waals surface area contributed by atoms with Gasteiger partial charge in [-0.3, -0.25) is 4.79 Å². The molecule has 2 aromatic carbocycles. The first kappa shape index (κ1) is 22.3. The predicted molar refractivity (Wildman–Crippen MR) is 105 cm³/mol. The lowest BCUT2D eigenvalue weighted by Crippen LogP contribution is -2.50. The van der Waals surface area contributed by atoms with Crippen molar-refractivity contribution in [3.8, 4) is 11.5 Å². The van der Waals surface area contributed by atoms with Crippen LogP contribution in [-0.4, -0.2) is 59.8 Å². The molecule has 7 nitrogen and oxygen atoms in total. The maximum atomic E-state index is 12.9. The number of phenolic OH excluding ortho intramolecular Hbond substituents is 2. The molecule has 1 amide bonds. The molecule has 10 heteroatoms. The lowest BCUT2D eigenvalue weighted by Gasteiger charge is -2.36. The van der Waals surface area contributed by atoms with Crippen LogP contribution < -0.4 is 4.90 Å². The summed E-state index contributed by atoms with van der Waals surface area (Å²) in [7, 11) is 0. The van der Waals surface area contributed by atoms with Crippen molar-refractivity contribution >= 4 is 17.6 Å². The van der Waals surface area contributed by atoms with Crippen LogP contribution in [0.5, 0.6) is 11.5 Å². The number of ether oxygens (including phenoxy) is 1. The molecule has 0 bridgehead atoms. The molecule has 0 atom stereocenters. The van der Waals surface area contributed by atoms with Gasteiger partial charge in [0.2, 0.25) is 0 Å². The third-order valence-electron chi connectivity index (χ3n) is 5.07. The van der Waals surface area contributed by atoms with Gasteiger partial charge in [0.15, 0.2) is 18.1 Å². The van der Waals surface area contributed by atoms with E-state index in [1.165, 1.54) is 23.1 Å². The van der Waals surface area contributed by atoms with E-state index in [-0.39, 0.29) is 18.7 Å². The molecular formula is C21H21F3N2O5. The smallest absolute Gasteiger partial charge is 0.416 e. The SMILES string of the molecule is Cc1ccc(C(=O)OCC(=O)N2CCN(c3cccc(C(F)(F)F)c3)CC2)c(O)c1O. The van der Waals surface area contributed by atoms with Crippen LogP contribution in [0.3, 0.4) is 0 Å². The minimum atomic E-state index is -4.43. The number of phenols is 2. The highest BCUT2D eigenvalue weighted by atomic mass is 19.4. The van der Waals surface area contributed by atoms with E-state index in [4.69, 9.17) is 4.74 Å². The van der Waals surface area contributed by atoms with Gasteiger partial charge < -0.3 is 24.7 Å². The van der Waals surface area contributed by atoms with Gasteiger partial charge in [-0.05, 0) is 36.8 Å². The lowest BCUT2D eigenvalue weighted by atomic mass is 10.1. The van der Waals surface area contributed by atoms with E-state index in [0.29, 0.717) is 24.3 Å². The van der Waals surface area contributed by atoms with Crippen molar-refractivity contribution in [1.29, 1.82) is 0 Å². The van der Waals surface area contributed by atoms with E-state index >= 15 is 0 Å². The van der Waals surface area contributed by atoms with Gasteiger partial charge in [0, 0.05) is 31.9 Å². The minimum absolute atomic E-state index is 0.253. The number of amides is 1. The molecule has 0 saturated carbocycles. The van der Waals surface area contributed by atoms with Gasteiger partial charge >= 0.3 is 12.1 Å².